The van der Waals surface area contributed by atoms with E-state index in [4.69, 9.17) is 4.74 Å². The van der Waals surface area contributed by atoms with Crippen molar-refractivity contribution in [2.45, 2.75) is 12.6 Å². The number of rotatable bonds is 3. The highest BCUT2D eigenvalue weighted by atomic mass is 16.5. The molecule has 4 nitrogen and oxygen atoms in total. The normalized spacial score (nSPS) is 21.0. The summed E-state index contributed by atoms with van der Waals surface area (Å²) in [6.07, 6.45) is 3.68. The molecule has 0 amide bonds. The van der Waals surface area contributed by atoms with Crippen LogP contribution in [0.3, 0.4) is 0 Å². The lowest BCUT2D eigenvalue weighted by molar-refractivity contribution is -0.0368. The van der Waals surface area contributed by atoms with Crippen LogP contribution in [0.1, 0.15) is 17.5 Å². The fourth-order valence-electron chi connectivity index (χ4n) is 2.31. The van der Waals surface area contributed by atoms with Crippen molar-refractivity contribution in [3.05, 3.63) is 54.1 Å². The van der Waals surface area contributed by atoms with Crippen LogP contribution >= 0.6 is 0 Å². The van der Waals surface area contributed by atoms with E-state index >= 15 is 0 Å². The van der Waals surface area contributed by atoms with Crippen LogP contribution in [-0.2, 0) is 11.3 Å². The van der Waals surface area contributed by atoms with Crippen LogP contribution in [0.4, 0.5) is 0 Å². The first kappa shape index (κ1) is 11.4. The molecule has 94 valence electrons. The lowest BCUT2D eigenvalue weighted by atomic mass is 10.2. The smallest absolute Gasteiger partial charge is 0.136 e. The molecule has 4 heteroatoms. The first-order chi connectivity index (χ1) is 8.92. The van der Waals surface area contributed by atoms with Crippen molar-refractivity contribution in [3.8, 4) is 0 Å². The second-order valence-electron chi connectivity index (χ2n) is 4.55. The number of imidazole rings is 1. The Morgan fingerprint density at radius 2 is 2.22 bits per heavy atom. The zero-order valence-corrected chi connectivity index (χ0v) is 10.2. The van der Waals surface area contributed by atoms with Crippen molar-refractivity contribution in [2.24, 2.45) is 0 Å². The van der Waals surface area contributed by atoms with Crippen molar-refractivity contribution in [1.82, 2.24) is 14.9 Å². The van der Waals surface area contributed by atoms with Gasteiger partial charge in [0.1, 0.15) is 11.9 Å². The lowest BCUT2D eigenvalue weighted by Crippen LogP contribution is -2.38. The number of aromatic amines is 1. The fraction of sp³-hybridized carbons (Fsp3) is 0.357. The molecule has 2 heterocycles. The van der Waals surface area contributed by atoms with Gasteiger partial charge in [0.15, 0.2) is 0 Å². The Balaban J connectivity index is 1.64. The number of H-pyrrole nitrogens is 1. The van der Waals surface area contributed by atoms with Gasteiger partial charge in [-0.1, -0.05) is 30.3 Å². The summed E-state index contributed by atoms with van der Waals surface area (Å²) in [5.74, 6) is 0.924. The summed E-state index contributed by atoms with van der Waals surface area (Å²) >= 11 is 0. The van der Waals surface area contributed by atoms with Gasteiger partial charge in [-0.2, -0.15) is 0 Å². The van der Waals surface area contributed by atoms with E-state index in [2.05, 4.69) is 45.2 Å². The van der Waals surface area contributed by atoms with Gasteiger partial charge in [0.05, 0.1) is 6.61 Å². The Morgan fingerprint density at radius 1 is 1.33 bits per heavy atom. The molecule has 0 saturated carbocycles. The minimum absolute atomic E-state index is 0.0671. The highest BCUT2D eigenvalue weighted by Gasteiger charge is 2.23. The predicted molar refractivity (Wildman–Crippen MR) is 69.0 cm³/mol. The maximum atomic E-state index is 5.75. The number of hydrogen-bond donors (Lipinski definition) is 1. The molecule has 1 fully saturated rings. The SMILES string of the molecule is c1ccc(CN2CCOC(c3ncc[nH]3)C2)cc1. The highest BCUT2D eigenvalue weighted by molar-refractivity contribution is 5.14. The summed E-state index contributed by atoms with van der Waals surface area (Å²) in [5, 5.41) is 0. The third kappa shape index (κ3) is 2.60. The summed E-state index contributed by atoms with van der Waals surface area (Å²) in [6.45, 7) is 3.61. The molecule has 1 unspecified atom stereocenters. The average Bonchev–Trinajstić information content (AvgIpc) is 2.94. The molecule has 1 aromatic carbocycles. The quantitative estimate of drug-likeness (QED) is 0.896. The van der Waals surface area contributed by atoms with Crippen LogP contribution in [0, 0.1) is 0 Å². The van der Waals surface area contributed by atoms with Gasteiger partial charge in [0, 0.05) is 32.0 Å². The highest BCUT2D eigenvalue weighted by Crippen LogP contribution is 2.20. The third-order valence-corrected chi connectivity index (χ3v) is 3.22. The van der Waals surface area contributed by atoms with Gasteiger partial charge < -0.3 is 9.72 Å². The van der Waals surface area contributed by atoms with E-state index in [0.29, 0.717) is 0 Å². The largest absolute Gasteiger partial charge is 0.368 e. The Labute approximate surface area is 107 Å². The molecule has 1 aromatic heterocycles. The van der Waals surface area contributed by atoms with Crippen LogP contribution in [0.25, 0.3) is 0 Å². The van der Waals surface area contributed by atoms with Crippen molar-refractivity contribution >= 4 is 0 Å². The van der Waals surface area contributed by atoms with Gasteiger partial charge >= 0.3 is 0 Å². The molecule has 1 N–H and O–H groups in total. The number of morpholine rings is 1. The first-order valence-electron chi connectivity index (χ1n) is 6.29. The Hall–Kier alpha value is -1.65. The van der Waals surface area contributed by atoms with Crippen molar-refractivity contribution in [2.75, 3.05) is 19.7 Å². The van der Waals surface area contributed by atoms with Gasteiger partial charge in [-0.25, -0.2) is 4.98 Å². The molecule has 0 radical (unpaired) electrons. The molecular formula is C14H17N3O. The number of nitrogens with zero attached hydrogens (tertiary/aromatic N) is 2. The monoisotopic (exact) mass is 243 g/mol. The van der Waals surface area contributed by atoms with Crippen LogP contribution in [0.2, 0.25) is 0 Å². The topological polar surface area (TPSA) is 41.1 Å². The maximum absolute atomic E-state index is 5.75. The van der Waals surface area contributed by atoms with Crippen LogP contribution in [-0.4, -0.2) is 34.6 Å². The number of hydrogen-bond acceptors (Lipinski definition) is 3. The average molecular weight is 243 g/mol. The predicted octanol–water partition coefficient (Wildman–Crippen LogP) is 1.98. The van der Waals surface area contributed by atoms with E-state index in [-0.39, 0.29) is 6.10 Å². The van der Waals surface area contributed by atoms with Gasteiger partial charge in [0.25, 0.3) is 0 Å². The van der Waals surface area contributed by atoms with E-state index in [0.717, 1.165) is 32.1 Å². The van der Waals surface area contributed by atoms with E-state index < -0.39 is 0 Å². The molecule has 0 spiro atoms. The molecule has 1 aliphatic heterocycles. The zero-order chi connectivity index (χ0) is 12.2. The van der Waals surface area contributed by atoms with E-state index in [1.54, 1.807) is 6.20 Å². The summed E-state index contributed by atoms with van der Waals surface area (Å²) in [6, 6.07) is 10.5. The Morgan fingerprint density at radius 3 is 3.00 bits per heavy atom. The molecule has 2 aromatic rings. The standard InChI is InChI=1S/C14H17N3O/c1-2-4-12(5-3-1)10-17-8-9-18-13(11-17)14-15-6-7-16-14/h1-7,13H,8-11H2,(H,15,16). The summed E-state index contributed by atoms with van der Waals surface area (Å²) in [7, 11) is 0. The van der Waals surface area contributed by atoms with Crippen LogP contribution < -0.4 is 0 Å². The number of aromatic nitrogens is 2. The van der Waals surface area contributed by atoms with E-state index in [9.17, 15) is 0 Å². The van der Waals surface area contributed by atoms with Gasteiger partial charge in [-0.15, -0.1) is 0 Å². The maximum Gasteiger partial charge on any atom is 0.136 e. The van der Waals surface area contributed by atoms with E-state index in [1.807, 2.05) is 6.20 Å². The Kier molecular flexibility index (Phi) is 3.39. The fourth-order valence-corrected chi connectivity index (χ4v) is 2.31. The van der Waals surface area contributed by atoms with E-state index in [1.165, 1.54) is 5.56 Å². The molecular weight excluding hydrogens is 226 g/mol. The van der Waals surface area contributed by atoms with Gasteiger partial charge in [-0.3, -0.25) is 4.90 Å². The van der Waals surface area contributed by atoms with Crippen molar-refractivity contribution < 1.29 is 4.74 Å². The third-order valence-electron chi connectivity index (χ3n) is 3.22. The van der Waals surface area contributed by atoms with Crippen LogP contribution in [0.5, 0.6) is 0 Å². The minimum Gasteiger partial charge on any atom is -0.368 e. The summed E-state index contributed by atoms with van der Waals surface area (Å²) < 4.78 is 5.75. The van der Waals surface area contributed by atoms with Gasteiger partial charge in [-0.05, 0) is 5.56 Å². The second-order valence-corrected chi connectivity index (χ2v) is 4.55. The number of nitrogens with one attached hydrogen (secondary N) is 1. The Bertz CT molecular complexity index is 469. The molecule has 0 bridgehead atoms. The molecule has 3 rings (SSSR count). The van der Waals surface area contributed by atoms with Crippen LogP contribution in [0.15, 0.2) is 42.7 Å². The number of ether oxygens (including phenoxy) is 1. The molecule has 18 heavy (non-hydrogen) atoms. The van der Waals surface area contributed by atoms with Crippen molar-refractivity contribution in [1.29, 1.82) is 0 Å². The summed E-state index contributed by atoms with van der Waals surface area (Å²) in [4.78, 5) is 9.81. The molecule has 1 saturated heterocycles. The number of benzene rings is 1. The first-order valence-corrected chi connectivity index (χ1v) is 6.29. The zero-order valence-electron chi connectivity index (χ0n) is 10.2. The second kappa shape index (κ2) is 5.33. The molecule has 1 aliphatic rings. The molecule has 0 aliphatic carbocycles. The summed E-state index contributed by atoms with van der Waals surface area (Å²) in [5.41, 5.74) is 1.34. The minimum atomic E-state index is 0.0671. The van der Waals surface area contributed by atoms with Gasteiger partial charge in [0.2, 0.25) is 0 Å². The molecule has 1 atom stereocenters. The van der Waals surface area contributed by atoms with Crippen molar-refractivity contribution in [3.63, 3.8) is 0 Å². The lowest BCUT2D eigenvalue weighted by Gasteiger charge is -2.31.